The Bertz CT molecular complexity index is 859. The molecule has 29 heavy (non-hydrogen) atoms. The predicted octanol–water partition coefficient (Wildman–Crippen LogP) is 3.48. The highest BCUT2D eigenvalue weighted by atomic mass is 16.5. The third-order valence-corrected chi connectivity index (χ3v) is 5.34. The number of rotatable bonds is 7. The van der Waals surface area contributed by atoms with E-state index in [1.165, 1.54) is 16.7 Å². The molecule has 0 atom stereocenters. The van der Waals surface area contributed by atoms with Gasteiger partial charge in [-0.1, -0.05) is 23.8 Å². The fourth-order valence-corrected chi connectivity index (χ4v) is 3.57. The van der Waals surface area contributed by atoms with E-state index in [1.54, 1.807) is 21.3 Å². The molecule has 0 spiro atoms. The zero-order valence-electron chi connectivity index (χ0n) is 18.1. The maximum Gasteiger partial charge on any atom is 0.164 e. The number of hydrogen-bond acceptors (Lipinski definition) is 6. The minimum Gasteiger partial charge on any atom is -0.496 e. The zero-order chi connectivity index (χ0) is 20.8. The Labute approximate surface area is 173 Å². The fraction of sp³-hybridized carbons (Fsp3) is 0.435. The number of aryl methyl sites for hydroxylation is 2. The van der Waals surface area contributed by atoms with Crippen LogP contribution in [0.2, 0.25) is 0 Å². The molecule has 1 fully saturated rings. The molecule has 0 N–H and O–H groups in total. The van der Waals surface area contributed by atoms with E-state index in [0.29, 0.717) is 17.2 Å². The van der Waals surface area contributed by atoms with Gasteiger partial charge in [0.05, 0.1) is 27.5 Å². The minimum atomic E-state index is 0.640. The van der Waals surface area contributed by atoms with Crippen LogP contribution in [0, 0.1) is 13.8 Å². The second kappa shape index (κ2) is 9.65. The summed E-state index contributed by atoms with van der Waals surface area (Å²) in [7, 11) is 4.88. The molecule has 3 rings (SSSR count). The van der Waals surface area contributed by atoms with Crippen molar-refractivity contribution < 1.29 is 14.2 Å². The van der Waals surface area contributed by atoms with Gasteiger partial charge in [-0.05, 0) is 31.0 Å². The topological polar surface area (TPSA) is 46.5 Å². The maximum absolute atomic E-state index is 5.48. The van der Waals surface area contributed by atoms with E-state index < -0.39 is 0 Å². The summed E-state index contributed by atoms with van der Waals surface area (Å²) >= 11 is 0. The first-order valence-corrected chi connectivity index (χ1v) is 9.91. The Balaban J connectivity index is 1.61. The number of piperazine rings is 1. The Morgan fingerprint density at radius 1 is 0.862 bits per heavy atom. The van der Waals surface area contributed by atoms with Crippen molar-refractivity contribution in [1.29, 1.82) is 0 Å². The number of ether oxygens (including phenoxy) is 3. The Morgan fingerprint density at radius 3 is 2.14 bits per heavy atom. The van der Waals surface area contributed by atoms with Gasteiger partial charge in [-0.2, -0.15) is 5.10 Å². The molecule has 156 valence electrons. The Hall–Kier alpha value is -2.73. The van der Waals surface area contributed by atoms with Crippen LogP contribution < -0.4 is 14.2 Å². The molecule has 0 saturated carbocycles. The lowest BCUT2D eigenvalue weighted by Gasteiger charge is -2.33. The molecule has 1 saturated heterocycles. The third kappa shape index (κ3) is 5.21. The number of hydrazone groups is 1. The van der Waals surface area contributed by atoms with E-state index >= 15 is 0 Å². The first-order valence-electron chi connectivity index (χ1n) is 9.91. The van der Waals surface area contributed by atoms with E-state index in [4.69, 9.17) is 14.2 Å². The lowest BCUT2D eigenvalue weighted by molar-refractivity contribution is 0.131. The average molecular weight is 398 g/mol. The van der Waals surface area contributed by atoms with Gasteiger partial charge in [0.2, 0.25) is 0 Å². The Kier molecular flexibility index (Phi) is 6.99. The number of hydrogen-bond donors (Lipinski definition) is 0. The lowest BCUT2D eigenvalue weighted by Crippen LogP contribution is -2.43. The van der Waals surface area contributed by atoms with Crippen LogP contribution in [-0.2, 0) is 6.54 Å². The summed E-state index contributed by atoms with van der Waals surface area (Å²) in [6.07, 6.45) is 1.83. The maximum atomic E-state index is 5.48. The van der Waals surface area contributed by atoms with Gasteiger partial charge < -0.3 is 14.2 Å². The lowest BCUT2D eigenvalue weighted by atomic mass is 10.1. The van der Waals surface area contributed by atoms with Crippen molar-refractivity contribution in [2.75, 3.05) is 47.5 Å². The zero-order valence-corrected chi connectivity index (χ0v) is 18.1. The van der Waals surface area contributed by atoms with Crippen LogP contribution in [0.3, 0.4) is 0 Å². The summed E-state index contributed by atoms with van der Waals surface area (Å²) in [4.78, 5) is 2.49. The van der Waals surface area contributed by atoms with Gasteiger partial charge in [-0.25, -0.2) is 0 Å². The van der Waals surface area contributed by atoms with Gasteiger partial charge in [0, 0.05) is 44.4 Å². The summed E-state index contributed by atoms with van der Waals surface area (Å²) in [5.74, 6) is 2.01. The molecular weight excluding hydrogens is 366 g/mol. The van der Waals surface area contributed by atoms with Gasteiger partial charge >= 0.3 is 0 Å². The summed E-state index contributed by atoms with van der Waals surface area (Å²) < 4.78 is 16.2. The summed E-state index contributed by atoms with van der Waals surface area (Å²) in [6, 6.07) is 10.4. The van der Waals surface area contributed by atoms with Crippen LogP contribution in [-0.4, -0.2) is 63.6 Å². The van der Waals surface area contributed by atoms with Gasteiger partial charge in [-0.15, -0.1) is 0 Å². The monoisotopic (exact) mass is 397 g/mol. The predicted molar refractivity (Wildman–Crippen MR) is 116 cm³/mol. The molecule has 1 aliphatic heterocycles. The molecule has 0 unspecified atom stereocenters. The second-order valence-corrected chi connectivity index (χ2v) is 7.35. The molecular formula is C23H31N3O3. The quantitative estimate of drug-likeness (QED) is 0.670. The highest BCUT2D eigenvalue weighted by molar-refractivity contribution is 5.85. The van der Waals surface area contributed by atoms with Crippen LogP contribution in [0.4, 0.5) is 0 Å². The first-order chi connectivity index (χ1) is 14.0. The largest absolute Gasteiger partial charge is 0.496 e. The van der Waals surface area contributed by atoms with Crippen molar-refractivity contribution in [2.24, 2.45) is 5.10 Å². The van der Waals surface area contributed by atoms with E-state index in [2.05, 4.69) is 47.1 Å². The number of benzene rings is 2. The highest BCUT2D eigenvalue weighted by Gasteiger charge is 2.17. The van der Waals surface area contributed by atoms with Crippen molar-refractivity contribution >= 4 is 6.21 Å². The summed E-state index contributed by atoms with van der Waals surface area (Å²) in [5.41, 5.74) is 4.95. The molecule has 0 aliphatic carbocycles. The van der Waals surface area contributed by atoms with E-state index in [0.717, 1.165) is 38.3 Å². The van der Waals surface area contributed by atoms with E-state index in [1.807, 2.05) is 18.3 Å². The standard InChI is InChI=1S/C23H31N3O3/c1-17-6-7-19(18(2)12-17)16-25-8-10-26(11-9-25)24-15-20-13-22(28-4)23(29-5)14-21(20)27-3/h6-7,12-15H,8-11,16H2,1-5H3/b24-15-. The van der Waals surface area contributed by atoms with Gasteiger partial charge in [0.15, 0.2) is 11.5 Å². The molecule has 0 radical (unpaired) electrons. The van der Waals surface area contributed by atoms with Crippen LogP contribution in [0.1, 0.15) is 22.3 Å². The second-order valence-electron chi connectivity index (χ2n) is 7.35. The molecule has 6 nitrogen and oxygen atoms in total. The van der Waals surface area contributed by atoms with Gasteiger partial charge in [0.1, 0.15) is 5.75 Å². The van der Waals surface area contributed by atoms with Gasteiger partial charge in [-0.3, -0.25) is 9.91 Å². The van der Waals surface area contributed by atoms with Crippen molar-refractivity contribution in [2.45, 2.75) is 20.4 Å². The van der Waals surface area contributed by atoms with Crippen molar-refractivity contribution in [3.05, 3.63) is 52.6 Å². The molecule has 1 aliphatic rings. The highest BCUT2D eigenvalue weighted by Crippen LogP contribution is 2.33. The Morgan fingerprint density at radius 2 is 1.52 bits per heavy atom. The first kappa shape index (κ1) is 21.0. The van der Waals surface area contributed by atoms with Crippen LogP contribution in [0.15, 0.2) is 35.4 Å². The molecule has 0 amide bonds. The number of methoxy groups -OCH3 is 3. The van der Waals surface area contributed by atoms with Crippen molar-refractivity contribution in [3.63, 3.8) is 0 Å². The van der Waals surface area contributed by atoms with Gasteiger partial charge in [0.25, 0.3) is 0 Å². The molecule has 0 bridgehead atoms. The SMILES string of the molecule is COc1cc(OC)c(OC)cc1/C=N\N1CCN(Cc2ccc(C)cc2C)CC1. The van der Waals surface area contributed by atoms with Crippen LogP contribution >= 0.6 is 0 Å². The molecule has 6 heteroatoms. The van der Waals surface area contributed by atoms with Crippen molar-refractivity contribution in [3.8, 4) is 17.2 Å². The minimum absolute atomic E-state index is 0.640. The molecule has 1 heterocycles. The molecule has 2 aromatic carbocycles. The summed E-state index contributed by atoms with van der Waals surface area (Å²) in [6.45, 7) is 9.11. The normalized spacial score (nSPS) is 15.0. The average Bonchev–Trinajstić information content (AvgIpc) is 2.74. The van der Waals surface area contributed by atoms with Crippen molar-refractivity contribution in [1.82, 2.24) is 9.91 Å². The fourth-order valence-electron chi connectivity index (χ4n) is 3.57. The summed E-state index contributed by atoms with van der Waals surface area (Å²) in [5, 5.41) is 6.77. The number of nitrogens with zero attached hydrogens (tertiary/aromatic N) is 3. The van der Waals surface area contributed by atoms with E-state index in [9.17, 15) is 0 Å². The van der Waals surface area contributed by atoms with Crippen LogP contribution in [0.5, 0.6) is 17.2 Å². The molecule has 2 aromatic rings. The van der Waals surface area contributed by atoms with E-state index in [-0.39, 0.29) is 0 Å². The smallest absolute Gasteiger partial charge is 0.164 e. The third-order valence-electron chi connectivity index (χ3n) is 5.34. The van der Waals surface area contributed by atoms with Crippen LogP contribution in [0.25, 0.3) is 0 Å². The molecule has 0 aromatic heterocycles.